The van der Waals surface area contributed by atoms with Gasteiger partial charge in [0, 0.05) is 25.1 Å². The lowest BCUT2D eigenvalue weighted by Gasteiger charge is -2.31. The van der Waals surface area contributed by atoms with Gasteiger partial charge in [-0.2, -0.15) is 4.31 Å². The van der Waals surface area contributed by atoms with Crippen LogP contribution in [0, 0.1) is 0 Å². The smallest absolute Gasteiger partial charge is 0.252 e. The molecule has 0 spiro atoms. The number of rotatable bonds is 6. The van der Waals surface area contributed by atoms with Gasteiger partial charge in [-0.1, -0.05) is 6.92 Å². The first-order valence-electron chi connectivity index (χ1n) is 6.95. The van der Waals surface area contributed by atoms with Crippen molar-refractivity contribution in [2.45, 2.75) is 36.5 Å². The number of thiophene rings is 1. The summed E-state index contributed by atoms with van der Waals surface area (Å²) in [5.41, 5.74) is 5.40. The molecule has 6 nitrogen and oxygen atoms in total. The molecule has 1 aromatic rings. The fraction of sp³-hybridized carbons (Fsp3) is 0.615. The lowest BCUT2D eigenvalue weighted by molar-refractivity contribution is 0.0194. The van der Waals surface area contributed by atoms with E-state index in [9.17, 15) is 13.2 Å². The molecule has 0 saturated carbocycles. The van der Waals surface area contributed by atoms with Gasteiger partial charge in [-0.3, -0.25) is 4.79 Å². The first-order valence-corrected chi connectivity index (χ1v) is 9.27. The highest BCUT2D eigenvalue weighted by Crippen LogP contribution is 2.26. The Hall–Kier alpha value is -0.960. The molecule has 118 valence electrons. The molecule has 2 rings (SSSR count). The number of primary amides is 1. The molecule has 1 atom stereocenters. The summed E-state index contributed by atoms with van der Waals surface area (Å²) in [6.45, 7) is 3.52. The van der Waals surface area contributed by atoms with E-state index >= 15 is 0 Å². The van der Waals surface area contributed by atoms with Crippen molar-refractivity contribution < 1.29 is 17.9 Å². The molecule has 8 heteroatoms. The Balaban J connectivity index is 2.12. The molecule has 2 heterocycles. The van der Waals surface area contributed by atoms with E-state index in [4.69, 9.17) is 10.5 Å². The Morgan fingerprint density at radius 1 is 1.57 bits per heavy atom. The fourth-order valence-corrected chi connectivity index (χ4v) is 5.08. The van der Waals surface area contributed by atoms with Crippen molar-refractivity contribution in [1.29, 1.82) is 0 Å². The van der Waals surface area contributed by atoms with Crippen LogP contribution in [0.5, 0.6) is 0 Å². The molecule has 0 aliphatic carbocycles. The Bertz CT molecular complexity index is 597. The molecular formula is C13H20N2O4S2. The van der Waals surface area contributed by atoms with Crippen LogP contribution in [0.3, 0.4) is 0 Å². The fourth-order valence-electron chi connectivity index (χ4n) is 2.25. The summed E-state index contributed by atoms with van der Waals surface area (Å²) >= 11 is 1.03. The molecule has 1 unspecified atom stereocenters. The number of piperidine rings is 1. The van der Waals surface area contributed by atoms with Gasteiger partial charge in [0.2, 0.25) is 5.91 Å². The van der Waals surface area contributed by atoms with Gasteiger partial charge in [0.05, 0.1) is 11.7 Å². The van der Waals surface area contributed by atoms with Crippen molar-refractivity contribution in [3.8, 4) is 0 Å². The average Bonchev–Trinajstić information content (AvgIpc) is 2.96. The molecule has 1 amide bonds. The second-order valence-corrected chi connectivity index (χ2v) is 8.09. The van der Waals surface area contributed by atoms with Gasteiger partial charge < -0.3 is 10.5 Å². The normalized spacial score (nSPS) is 20.5. The number of ether oxygens (including phenoxy) is 1. The van der Waals surface area contributed by atoms with Gasteiger partial charge in [-0.05, 0) is 25.3 Å². The molecule has 1 saturated heterocycles. The van der Waals surface area contributed by atoms with E-state index in [1.807, 2.05) is 6.92 Å². The quantitative estimate of drug-likeness (QED) is 0.853. The standard InChI is InChI=1S/C13H20N2O4S2/c1-2-6-19-11-4-3-5-15(8-11)21(17,18)12-7-10(9-20-12)13(14)16/h7,9,11H,2-6,8H2,1H3,(H2,14,16). The first kappa shape index (κ1) is 16.4. The largest absolute Gasteiger partial charge is 0.377 e. The number of nitrogens with two attached hydrogens (primary N) is 1. The summed E-state index contributed by atoms with van der Waals surface area (Å²) < 4.78 is 32.4. The van der Waals surface area contributed by atoms with Gasteiger partial charge in [0.1, 0.15) is 4.21 Å². The molecule has 21 heavy (non-hydrogen) atoms. The predicted octanol–water partition coefficient (Wildman–Crippen LogP) is 1.43. The van der Waals surface area contributed by atoms with Crippen LogP contribution in [-0.2, 0) is 14.8 Å². The second-order valence-electron chi connectivity index (χ2n) is 5.02. The highest BCUT2D eigenvalue weighted by molar-refractivity contribution is 7.91. The van der Waals surface area contributed by atoms with E-state index in [1.54, 1.807) is 0 Å². The number of nitrogens with zero attached hydrogens (tertiary/aromatic N) is 1. The Kier molecular flexibility index (Phi) is 5.37. The van der Waals surface area contributed by atoms with Gasteiger partial charge in [0.25, 0.3) is 10.0 Å². The van der Waals surface area contributed by atoms with E-state index in [1.165, 1.54) is 15.8 Å². The van der Waals surface area contributed by atoms with Gasteiger partial charge >= 0.3 is 0 Å². The molecule has 1 aliphatic heterocycles. The van der Waals surface area contributed by atoms with Crippen molar-refractivity contribution in [3.05, 3.63) is 17.0 Å². The zero-order valence-corrected chi connectivity index (χ0v) is 13.6. The van der Waals surface area contributed by atoms with Gasteiger partial charge in [-0.15, -0.1) is 11.3 Å². The number of hydrogen-bond acceptors (Lipinski definition) is 5. The number of carbonyl (C=O) groups excluding carboxylic acids is 1. The molecule has 2 N–H and O–H groups in total. The summed E-state index contributed by atoms with van der Waals surface area (Å²) in [4.78, 5) is 11.1. The van der Waals surface area contributed by atoms with Crippen LogP contribution in [0.4, 0.5) is 0 Å². The molecule has 0 radical (unpaired) electrons. The molecule has 1 aromatic heterocycles. The van der Waals surface area contributed by atoms with E-state index in [0.29, 0.717) is 19.7 Å². The van der Waals surface area contributed by atoms with Crippen molar-refractivity contribution >= 4 is 27.3 Å². The van der Waals surface area contributed by atoms with Crippen LogP contribution in [0.2, 0.25) is 0 Å². The third-order valence-corrected chi connectivity index (χ3v) is 6.63. The number of hydrogen-bond donors (Lipinski definition) is 1. The lowest BCUT2D eigenvalue weighted by Crippen LogP contribution is -2.43. The minimum absolute atomic E-state index is 0.0518. The van der Waals surface area contributed by atoms with Crippen LogP contribution in [0.15, 0.2) is 15.7 Å². The zero-order chi connectivity index (χ0) is 15.5. The minimum atomic E-state index is -3.57. The summed E-state index contributed by atoms with van der Waals surface area (Å²) in [5.74, 6) is -0.615. The van der Waals surface area contributed by atoms with E-state index in [-0.39, 0.29) is 15.9 Å². The van der Waals surface area contributed by atoms with Crippen LogP contribution in [0.25, 0.3) is 0 Å². The number of carbonyl (C=O) groups is 1. The number of amides is 1. The maximum absolute atomic E-state index is 12.6. The van der Waals surface area contributed by atoms with Gasteiger partial charge in [0.15, 0.2) is 0 Å². The first-order chi connectivity index (χ1) is 9.95. The highest BCUT2D eigenvalue weighted by Gasteiger charge is 2.31. The van der Waals surface area contributed by atoms with Gasteiger partial charge in [-0.25, -0.2) is 8.42 Å². The van der Waals surface area contributed by atoms with E-state index < -0.39 is 15.9 Å². The van der Waals surface area contributed by atoms with Crippen LogP contribution in [-0.4, -0.2) is 44.4 Å². The second kappa shape index (κ2) is 6.87. The zero-order valence-electron chi connectivity index (χ0n) is 11.9. The Labute approximate surface area is 128 Å². The molecular weight excluding hydrogens is 312 g/mol. The SMILES string of the molecule is CCCOC1CCCN(S(=O)(=O)c2cc(C(N)=O)cs2)C1. The maximum Gasteiger partial charge on any atom is 0.252 e. The third kappa shape index (κ3) is 3.82. The summed E-state index contributed by atoms with van der Waals surface area (Å²) in [5, 5.41) is 1.48. The third-order valence-electron chi connectivity index (χ3n) is 3.35. The Morgan fingerprint density at radius 2 is 2.33 bits per heavy atom. The number of sulfonamides is 1. The highest BCUT2D eigenvalue weighted by atomic mass is 32.2. The molecule has 1 fully saturated rings. The topological polar surface area (TPSA) is 89.7 Å². The monoisotopic (exact) mass is 332 g/mol. The van der Waals surface area contributed by atoms with E-state index in [2.05, 4.69) is 0 Å². The lowest BCUT2D eigenvalue weighted by atomic mass is 10.1. The van der Waals surface area contributed by atoms with Crippen molar-refractivity contribution in [3.63, 3.8) is 0 Å². The van der Waals surface area contributed by atoms with Crippen LogP contribution < -0.4 is 5.73 Å². The van der Waals surface area contributed by atoms with Crippen LogP contribution in [0.1, 0.15) is 36.5 Å². The van der Waals surface area contributed by atoms with Crippen molar-refractivity contribution in [2.75, 3.05) is 19.7 Å². The Morgan fingerprint density at radius 3 is 2.95 bits per heavy atom. The molecule has 1 aliphatic rings. The molecule has 0 aromatic carbocycles. The van der Waals surface area contributed by atoms with Crippen molar-refractivity contribution in [1.82, 2.24) is 4.31 Å². The maximum atomic E-state index is 12.6. The molecule has 0 bridgehead atoms. The van der Waals surface area contributed by atoms with Crippen LogP contribution >= 0.6 is 11.3 Å². The summed E-state index contributed by atoms with van der Waals surface area (Å²) in [6.07, 6.45) is 2.52. The van der Waals surface area contributed by atoms with Crippen molar-refractivity contribution in [2.24, 2.45) is 5.73 Å². The minimum Gasteiger partial charge on any atom is -0.377 e. The summed E-state index contributed by atoms with van der Waals surface area (Å²) in [7, 11) is -3.57. The predicted molar refractivity (Wildman–Crippen MR) is 80.9 cm³/mol. The summed E-state index contributed by atoms with van der Waals surface area (Å²) in [6, 6.07) is 1.35. The van der Waals surface area contributed by atoms with E-state index in [0.717, 1.165) is 30.6 Å². The average molecular weight is 332 g/mol.